The minimum absolute atomic E-state index is 0.0706. The number of hydrogen-bond acceptors (Lipinski definition) is 7. The molecule has 0 radical (unpaired) electrons. The molecule has 0 aromatic rings. The lowest BCUT2D eigenvalue weighted by molar-refractivity contribution is -0.285. The fraction of sp³-hybridized carbons (Fsp3) is 0.935. The Morgan fingerprint density at radius 1 is 0.947 bits per heavy atom. The summed E-state index contributed by atoms with van der Waals surface area (Å²) < 4.78 is 11.4. The average Bonchev–Trinajstić information content (AvgIpc) is 3.19. The third-order valence-corrected chi connectivity index (χ3v) is 11.8. The van der Waals surface area contributed by atoms with Crippen molar-refractivity contribution in [2.45, 2.75) is 130 Å². The minimum atomic E-state index is -1.45. The predicted octanol–water partition coefficient (Wildman–Crippen LogP) is 4.64. The number of hydrogen-bond donors (Lipinski definition) is 3. The molecule has 0 unspecified atom stereocenters. The molecule has 0 bridgehead atoms. The summed E-state index contributed by atoms with van der Waals surface area (Å²) >= 11 is 0. The first-order valence-electron chi connectivity index (χ1n) is 15.1. The molecule has 0 aromatic heterocycles. The van der Waals surface area contributed by atoms with Crippen LogP contribution >= 0.6 is 0 Å². The number of esters is 2. The van der Waals surface area contributed by atoms with Crippen molar-refractivity contribution in [2.75, 3.05) is 6.61 Å². The van der Waals surface area contributed by atoms with Gasteiger partial charge in [-0.2, -0.15) is 0 Å². The van der Waals surface area contributed by atoms with Crippen LogP contribution in [0.5, 0.6) is 0 Å². The Kier molecular flexibility index (Phi) is 8.63. The van der Waals surface area contributed by atoms with Gasteiger partial charge >= 0.3 is 11.9 Å². The van der Waals surface area contributed by atoms with Gasteiger partial charge in [-0.25, -0.2) is 0 Å². The van der Waals surface area contributed by atoms with Crippen molar-refractivity contribution >= 4 is 11.9 Å². The van der Waals surface area contributed by atoms with E-state index in [-0.39, 0.29) is 48.3 Å². The van der Waals surface area contributed by atoms with Crippen molar-refractivity contribution in [3.05, 3.63) is 0 Å². The van der Waals surface area contributed by atoms with Crippen LogP contribution in [0, 0.1) is 46.3 Å². The first-order chi connectivity index (χ1) is 17.8. The molecule has 0 aliphatic heterocycles. The maximum Gasteiger partial charge on any atom is 0.303 e. The maximum absolute atomic E-state index is 12.3. The van der Waals surface area contributed by atoms with Crippen LogP contribution in [0.3, 0.4) is 0 Å². The van der Waals surface area contributed by atoms with Gasteiger partial charge in [-0.05, 0) is 98.7 Å². The van der Waals surface area contributed by atoms with Crippen LogP contribution in [-0.2, 0) is 19.1 Å². The number of aliphatic hydroxyl groups is 3. The molecule has 4 aliphatic carbocycles. The lowest BCUT2D eigenvalue weighted by atomic mass is 9.42. The standard InChI is InChI=1S/C31H52O7/c1-18(2)7-10-27(35)19(3)24-8-9-25-23-15-28(38-21(5)34)31(36)16-22(37-20(4)33)11-14-30(31,17-32)26(23)12-13-29(24,25)6/h18-19,22-28,32,35-36H,7-17H2,1-6H3/t19-,22-,23-,24+,25-,26-,27-,28+,29+,30-,31-/m0/s1. The Balaban J connectivity index is 1.64. The van der Waals surface area contributed by atoms with Gasteiger partial charge in [0.25, 0.3) is 0 Å². The van der Waals surface area contributed by atoms with Gasteiger partial charge in [-0.15, -0.1) is 0 Å². The normalized spacial score (nSPS) is 43.9. The van der Waals surface area contributed by atoms with Gasteiger partial charge < -0.3 is 24.8 Å². The average molecular weight is 537 g/mol. The zero-order chi connectivity index (χ0) is 28.0. The highest BCUT2D eigenvalue weighted by Crippen LogP contribution is 2.69. The fourth-order valence-corrected chi connectivity index (χ4v) is 9.94. The third kappa shape index (κ3) is 4.94. The molecule has 0 saturated heterocycles. The largest absolute Gasteiger partial charge is 0.462 e. The summed E-state index contributed by atoms with van der Waals surface area (Å²) in [6, 6.07) is 0. The monoisotopic (exact) mass is 536 g/mol. The number of aliphatic hydroxyl groups excluding tert-OH is 2. The van der Waals surface area contributed by atoms with E-state index in [4.69, 9.17) is 9.47 Å². The van der Waals surface area contributed by atoms with E-state index >= 15 is 0 Å². The molecule has 0 heterocycles. The fourth-order valence-electron chi connectivity index (χ4n) is 9.94. The summed E-state index contributed by atoms with van der Waals surface area (Å²) in [4.78, 5) is 24.0. The predicted molar refractivity (Wildman–Crippen MR) is 144 cm³/mol. The Labute approximate surface area is 229 Å². The van der Waals surface area contributed by atoms with Gasteiger partial charge in [-0.3, -0.25) is 9.59 Å². The van der Waals surface area contributed by atoms with E-state index < -0.39 is 29.2 Å². The van der Waals surface area contributed by atoms with Crippen molar-refractivity contribution < 1.29 is 34.4 Å². The van der Waals surface area contributed by atoms with Crippen LogP contribution in [0.25, 0.3) is 0 Å². The lowest BCUT2D eigenvalue weighted by Crippen LogP contribution is -2.71. The van der Waals surface area contributed by atoms with E-state index in [9.17, 15) is 24.9 Å². The van der Waals surface area contributed by atoms with Crippen LogP contribution in [0.2, 0.25) is 0 Å². The van der Waals surface area contributed by atoms with Crippen molar-refractivity contribution in [3.63, 3.8) is 0 Å². The molecule has 218 valence electrons. The van der Waals surface area contributed by atoms with E-state index in [1.54, 1.807) is 0 Å². The number of ether oxygens (including phenoxy) is 2. The highest BCUT2D eigenvalue weighted by Gasteiger charge is 2.70. The molecule has 4 fully saturated rings. The van der Waals surface area contributed by atoms with Crippen molar-refractivity contribution in [1.29, 1.82) is 0 Å². The Bertz CT molecular complexity index is 874. The summed E-state index contributed by atoms with van der Waals surface area (Å²) in [5, 5.41) is 34.4. The van der Waals surface area contributed by atoms with Crippen molar-refractivity contribution in [3.8, 4) is 0 Å². The van der Waals surface area contributed by atoms with E-state index in [0.29, 0.717) is 37.0 Å². The second-order valence-corrected chi connectivity index (χ2v) is 14.0. The molecule has 7 nitrogen and oxygen atoms in total. The first kappa shape index (κ1) is 29.8. The van der Waals surface area contributed by atoms with Gasteiger partial charge in [0, 0.05) is 25.7 Å². The molecule has 4 saturated carbocycles. The molecule has 38 heavy (non-hydrogen) atoms. The molecule has 3 N–H and O–H groups in total. The molecule has 0 aromatic carbocycles. The second-order valence-electron chi connectivity index (χ2n) is 14.0. The van der Waals surface area contributed by atoms with Gasteiger partial charge in [0.05, 0.1) is 12.7 Å². The van der Waals surface area contributed by atoms with Crippen LogP contribution in [0.4, 0.5) is 0 Å². The minimum Gasteiger partial charge on any atom is -0.462 e. The smallest absolute Gasteiger partial charge is 0.303 e. The van der Waals surface area contributed by atoms with E-state index in [1.165, 1.54) is 13.8 Å². The van der Waals surface area contributed by atoms with Crippen molar-refractivity contribution in [1.82, 2.24) is 0 Å². The van der Waals surface area contributed by atoms with Crippen LogP contribution in [-0.4, -0.2) is 57.8 Å². The van der Waals surface area contributed by atoms with E-state index in [0.717, 1.165) is 38.5 Å². The zero-order valence-corrected chi connectivity index (χ0v) is 24.4. The molecule has 4 aliphatic rings. The summed E-state index contributed by atoms with van der Waals surface area (Å²) in [5.74, 6) is 1.12. The summed E-state index contributed by atoms with van der Waals surface area (Å²) in [5.41, 5.74) is -2.17. The molecular formula is C31H52O7. The molecule has 0 amide bonds. The zero-order valence-electron chi connectivity index (χ0n) is 24.4. The summed E-state index contributed by atoms with van der Waals surface area (Å²) in [7, 11) is 0. The van der Waals surface area contributed by atoms with Gasteiger partial charge in [-0.1, -0.05) is 27.7 Å². The van der Waals surface area contributed by atoms with Crippen LogP contribution < -0.4 is 0 Å². The molecular weight excluding hydrogens is 484 g/mol. The van der Waals surface area contributed by atoms with Crippen molar-refractivity contribution in [2.24, 2.45) is 46.3 Å². The van der Waals surface area contributed by atoms with Gasteiger partial charge in [0.15, 0.2) is 0 Å². The SMILES string of the molecule is CC(=O)O[C@H]1CC[C@]2(CO)[C@H]3CC[C@]4(C)[C@@H]([C@H](C)[C@@H](O)CCC(C)C)CC[C@H]4[C@@H]3C[C@@H](OC(C)=O)[C@@]2(O)C1. The second kappa shape index (κ2) is 11.0. The maximum atomic E-state index is 12.3. The Hall–Kier alpha value is -1.18. The Morgan fingerprint density at radius 3 is 2.24 bits per heavy atom. The molecule has 11 atom stereocenters. The molecule has 7 heteroatoms. The van der Waals surface area contributed by atoms with Gasteiger partial charge in [0.2, 0.25) is 0 Å². The van der Waals surface area contributed by atoms with Crippen LogP contribution in [0.1, 0.15) is 106 Å². The lowest BCUT2D eigenvalue weighted by Gasteiger charge is -2.66. The van der Waals surface area contributed by atoms with E-state index in [1.807, 2.05) is 0 Å². The number of carbonyl (C=O) groups excluding carboxylic acids is 2. The number of fused-ring (bicyclic) bond motifs is 5. The Morgan fingerprint density at radius 2 is 1.63 bits per heavy atom. The molecule has 4 rings (SSSR count). The highest BCUT2D eigenvalue weighted by atomic mass is 16.6. The van der Waals surface area contributed by atoms with Crippen LogP contribution in [0.15, 0.2) is 0 Å². The van der Waals surface area contributed by atoms with E-state index in [2.05, 4.69) is 27.7 Å². The topological polar surface area (TPSA) is 113 Å². The number of rotatable bonds is 8. The summed E-state index contributed by atoms with van der Waals surface area (Å²) in [6.07, 6.45) is 6.26. The molecule has 0 spiro atoms. The summed E-state index contributed by atoms with van der Waals surface area (Å²) in [6.45, 7) is 11.6. The third-order valence-electron chi connectivity index (χ3n) is 11.8. The quantitative estimate of drug-likeness (QED) is 0.387. The first-order valence-corrected chi connectivity index (χ1v) is 15.1. The van der Waals surface area contributed by atoms with Gasteiger partial charge in [0.1, 0.15) is 17.8 Å². The number of carbonyl (C=O) groups is 2. The highest BCUT2D eigenvalue weighted by molar-refractivity contribution is 5.66.